The number of aromatic nitrogens is 3. The summed E-state index contributed by atoms with van der Waals surface area (Å²) in [6.07, 6.45) is 1.72. The topological polar surface area (TPSA) is 71.0 Å². The van der Waals surface area contributed by atoms with Crippen molar-refractivity contribution in [1.29, 1.82) is 0 Å². The monoisotopic (exact) mass is 313 g/mol. The summed E-state index contributed by atoms with van der Waals surface area (Å²) in [5.74, 6) is 0.552. The fraction of sp³-hybridized carbons (Fsp3) is 0.125. The minimum atomic E-state index is -0.0996. The molecule has 0 spiro atoms. The maximum absolute atomic E-state index is 9.39. The van der Waals surface area contributed by atoms with Gasteiger partial charge in [-0.05, 0) is 29.3 Å². The summed E-state index contributed by atoms with van der Waals surface area (Å²) in [5, 5.41) is 17.3. The quantitative estimate of drug-likeness (QED) is 0.762. The SMILES string of the molecule is OCc1[nH]nc2c1COc1nccc(-c3ccc(Cl)cc3)c1-2. The van der Waals surface area contributed by atoms with Crippen LogP contribution in [0.1, 0.15) is 11.3 Å². The van der Waals surface area contributed by atoms with Crippen molar-refractivity contribution >= 4 is 11.6 Å². The number of nitrogens with zero attached hydrogens (tertiary/aromatic N) is 2. The van der Waals surface area contributed by atoms with Crippen LogP contribution in [-0.2, 0) is 13.2 Å². The number of hydrogen-bond acceptors (Lipinski definition) is 4. The van der Waals surface area contributed by atoms with E-state index in [9.17, 15) is 5.11 Å². The molecule has 0 saturated carbocycles. The summed E-state index contributed by atoms with van der Waals surface area (Å²) >= 11 is 5.96. The van der Waals surface area contributed by atoms with Crippen LogP contribution < -0.4 is 4.74 Å². The van der Waals surface area contributed by atoms with Crippen LogP contribution in [0.25, 0.3) is 22.4 Å². The van der Waals surface area contributed by atoms with Crippen LogP contribution in [0.2, 0.25) is 5.02 Å². The van der Waals surface area contributed by atoms with Crippen molar-refractivity contribution in [3.8, 4) is 28.3 Å². The summed E-state index contributed by atoms with van der Waals surface area (Å²) in [7, 11) is 0. The Bertz CT molecular complexity index is 843. The summed E-state index contributed by atoms with van der Waals surface area (Å²) in [6, 6.07) is 9.52. The van der Waals surface area contributed by atoms with Gasteiger partial charge in [-0.15, -0.1) is 0 Å². The Morgan fingerprint density at radius 3 is 2.82 bits per heavy atom. The van der Waals surface area contributed by atoms with Crippen LogP contribution in [0.5, 0.6) is 5.88 Å². The second-order valence-corrected chi connectivity index (χ2v) is 5.46. The van der Waals surface area contributed by atoms with Gasteiger partial charge in [0.15, 0.2) is 0 Å². The first-order valence-electron chi connectivity index (χ1n) is 6.83. The number of ether oxygens (including phenoxy) is 1. The summed E-state index contributed by atoms with van der Waals surface area (Å²) < 4.78 is 5.73. The lowest BCUT2D eigenvalue weighted by Crippen LogP contribution is -2.08. The average Bonchev–Trinajstić information content (AvgIpc) is 2.98. The average molecular weight is 314 g/mol. The fourth-order valence-corrected chi connectivity index (χ4v) is 2.81. The molecule has 1 aliphatic heterocycles. The third-order valence-corrected chi connectivity index (χ3v) is 4.02. The van der Waals surface area contributed by atoms with E-state index in [1.54, 1.807) is 6.20 Å². The molecule has 22 heavy (non-hydrogen) atoms. The van der Waals surface area contributed by atoms with Crippen molar-refractivity contribution in [1.82, 2.24) is 15.2 Å². The summed E-state index contributed by atoms with van der Waals surface area (Å²) in [6.45, 7) is 0.253. The molecule has 6 heteroatoms. The molecule has 0 saturated heterocycles. The standard InChI is InChI=1S/C16H12ClN3O2/c17-10-3-1-9(2-4-10)11-5-6-18-16-14(11)15-12(8-22-16)13(7-21)19-20-15/h1-6,21H,7-8H2,(H,19,20). The number of aliphatic hydroxyl groups excluding tert-OH is 1. The number of pyridine rings is 1. The van der Waals surface area contributed by atoms with E-state index in [-0.39, 0.29) is 6.61 Å². The highest BCUT2D eigenvalue weighted by atomic mass is 35.5. The number of aromatic amines is 1. The van der Waals surface area contributed by atoms with Crippen LogP contribution in [0.4, 0.5) is 0 Å². The molecule has 110 valence electrons. The normalized spacial score (nSPS) is 12.5. The molecule has 1 aliphatic rings. The molecule has 3 heterocycles. The predicted octanol–water partition coefficient (Wildman–Crippen LogP) is 3.18. The Hall–Kier alpha value is -2.37. The minimum Gasteiger partial charge on any atom is -0.472 e. The lowest BCUT2D eigenvalue weighted by atomic mass is 9.95. The van der Waals surface area contributed by atoms with E-state index in [0.717, 1.165) is 27.9 Å². The van der Waals surface area contributed by atoms with Crippen molar-refractivity contribution in [3.63, 3.8) is 0 Å². The maximum atomic E-state index is 9.39. The molecule has 2 N–H and O–H groups in total. The molecule has 5 nitrogen and oxygen atoms in total. The van der Waals surface area contributed by atoms with Crippen LogP contribution in [-0.4, -0.2) is 20.3 Å². The van der Waals surface area contributed by atoms with E-state index >= 15 is 0 Å². The van der Waals surface area contributed by atoms with Crippen LogP contribution in [0.3, 0.4) is 0 Å². The Balaban J connectivity index is 1.95. The van der Waals surface area contributed by atoms with Gasteiger partial charge >= 0.3 is 0 Å². The molecule has 2 aromatic heterocycles. The molecule has 0 bridgehead atoms. The third-order valence-electron chi connectivity index (χ3n) is 3.77. The van der Waals surface area contributed by atoms with Gasteiger partial charge in [-0.3, -0.25) is 5.10 Å². The molecule has 3 aromatic rings. The molecule has 0 atom stereocenters. The number of rotatable bonds is 2. The van der Waals surface area contributed by atoms with Crippen molar-refractivity contribution < 1.29 is 9.84 Å². The van der Waals surface area contributed by atoms with E-state index < -0.39 is 0 Å². The molecular formula is C16H12ClN3O2. The smallest absolute Gasteiger partial charge is 0.223 e. The second kappa shape index (κ2) is 5.12. The van der Waals surface area contributed by atoms with Gasteiger partial charge in [0, 0.05) is 16.8 Å². The van der Waals surface area contributed by atoms with Gasteiger partial charge in [0.25, 0.3) is 0 Å². The maximum Gasteiger partial charge on any atom is 0.223 e. The molecule has 0 unspecified atom stereocenters. The van der Waals surface area contributed by atoms with Gasteiger partial charge in [-0.1, -0.05) is 23.7 Å². The lowest BCUT2D eigenvalue weighted by molar-refractivity contribution is 0.261. The van der Waals surface area contributed by atoms with Gasteiger partial charge < -0.3 is 9.84 Å². The zero-order chi connectivity index (χ0) is 15.1. The minimum absolute atomic E-state index is 0.0996. The van der Waals surface area contributed by atoms with E-state index in [1.165, 1.54) is 0 Å². The number of fused-ring (bicyclic) bond motifs is 3. The largest absolute Gasteiger partial charge is 0.472 e. The summed E-state index contributed by atoms with van der Waals surface area (Å²) in [4.78, 5) is 4.29. The van der Waals surface area contributed by atoms with Crippen LogP contribution >= 0.6 is 11.6 Å². The van der Waals surface area contributed by atoms with Crippen molar-refractivity contribution in [2.45, 2.75) is 13.2 Å². The third kappa shape index (κ3) is 1.98. The van der Waals surface area contributed by atoms with Gasteiger partial charge in [-0.2, -0.15) is 5.10 Å². The van der Waals surface area contributed by atoms with E-state index in [4.69, 9.17) is 16.3 Å². The second-order valence-electron chi connectivity index (χ2n) is 5.02. The van der Waals surface area contributed by atoms with Gasteiger partial charge in [0.1, 0.15) is 12.3 Å². The Morgan fingerprint density at radius 2 is 2.05 bits per heavy atom. The fourth-order valence-electron chi connectivity index (χ4n) is 2.69. The Kier molecular flexibility index (Phi) is 3.10. The lowest BCUT2D eigenvalue weighted by Gasteiger charge is -2.19. The van der Waals surface area contributed by atoms with Gasteiger partial charge in [0.2, 0.25) is 5.88 Å². The first-order chi connectivity index (χ1) is 10.8. The van der Waals surface area contributed by atoms with Crippen molar-refractivity contribution in [2.24, 2.45) is 0 Å². The van der Waals surface area contributed by atoms with Gasteiger partial charge in [-0.25, -0.2) is 4.98 Å². The Morgan fingerprint density at radius 1 is 1.23 bits per heavy atom. The van der Waals surface area contributed by atoms with E-state index in [2.05, 4.69) is 15.2 Å². The predicted molar refractivity (Wildman–Crippen MR) is 82.5 cm³/mol. The Labute approximate surface area is 131 Å². The number of hydrogen-bond donors (Lipinski definition) is 2. The zero-order valence-corrected chi connectivity index (χ0v) is 12.3. The number of nitrogens with one attached hydrogen (secondary N) is 1. The number of benzene rings is 1. The summed E-state index contributed by atoms with van der Waals surface area (Å²) in [5.41, 5.74) is 5.14. The molecule has 4 rings (SSSR count). The highest BCUT2D eigenvalue weighted by molar-refractivity contribution is 6.30. The highest BCUT2D eigenvalue weighted by Gasteiger charge is 2.27. The molecular weight excluding hydrogens is 302 g/mol. The van der Waals surface area contributed by atoms with Crippen LogP contribution in [0, 0.1) is 0 Å². The zero-order valence-electron chi connectivity index (χ0n) is 11.5. The van der Waals surface area contributed by atoms with Crippen molar-refractivity contribution in [2.75, 3.05) is 0 Å². The van der Waals surface area contributed by atoms with Crippen molar-refractivity contribution in [3.05, 3.63) is 52.8 Å². The number of halogens is 1. The molecule has 0 amide bonds. The molecule has 0 aliphatic carbocycles. The number of aliphatic hydroxyl groups is 1. The molecule has 1 aromatic carbocycles. The molecule has 0 radical (unpaired) electrons. The van der Waals surface area contributed by atoms with Crippen LogP contribution in [0.15, 0.2) is 36.5 Å². The number of H-pyrrole nitrogens is 1. The van der Waals surface area contributed by atoms with E-state index in [1.807, 2.05) is 30.3 Å². The first-order valence-corrected chi connectivity index (χ1v) is 7.21. The van der Waals surface area contributed by atoms with Gasteiger partial charge in [0.05, 0.1) is 17.9 Å². The van der Waals surface area contributed by atoms with E-state index in [0.29, 0.717) is 23.2 Å². The highest BCUT2D eigenvalue weighted by Crippen LogP contribution is 2.42. The molecule has 0 fully saturated rings. The first kappa shape index (κ1) is 13.3.